The third-order valence-corrected chi connectivity index (χ3v) is 7.25. The van der Waals surface area contributed by atoms with E-state index in [9.17, 15) is 9.18 Å². The Morgan fingerprint density at radius 2 is 2.06 bits per heavy atom. The predicted molar refractivity (Wildman–Crippen MR) is 135 cm³/mol. The Hall–Kier alpha value is -2.93. The number of benzene rings is 2. The zero-order valence-corrected chi connectivity index (χ0v) is 21.1. The van der Waals surface area contributed by atoms with Crippen molar-refractivity contribution in [2.24, 2.45) is 5.92 Å². The van der Waals surface area contributed by atoms with Crippen LogP contribution in [0.25, 0.3) is 11.0 Å². The van der Waals surface area contributed by atoms with Crippen molar-refractivity contribution in [1.29, 1.82) is 0 Å². The molecule has 0 bridgehead atoms. The van der Waals surface area contributed by atoms with E-state index in [2.05, 4.69) is 35.8 Å². The van der Waals surface area contributed by atoms with Crippen molar-refractivity contribution in [3.63, 3.8) is 0 Å². The number of aryl methyl sites for hydroxylation is 2. The molecule has 1 aliphatic rings. The van der Waals surface area contributed by atoms with Crippen molar-refractivity contribution in [1.82, 2.24) is 14.9 Å². The number of para-hydroxylation sites is 2. The van der Waals surface area contributed by atoms with Gasteiger partial charge in [0.05, 0.1) is 18.1 Å². The van der Waals surface area contributed by atoms with E-state index in [4.69, 9.17) is 9.47 Å². The topological polar surface area (TPSA) is 67.5 Å². The second kappa shape index (κ2) is 10.8. The quantitative estimate of drug-likeness (QED) is 0.388. The third-order valence-electron chi connectivity index (χ3n) is 7.25. The summed E-state index contributed by atoms with van der Waals surface area (Å²) < 4.78 is 24.9. The Morgan fingerprint density at radius 3 is 2.80 bits per heavy atom. The second-order valence-corrected chi connectivity index (χ2v) is 10.0. The largest absolute Gasteiger partial charge is 0.508 e. The van der Waals surface area contributed by atoms with E-state index in [0.29, 0.717) is 19.3 Å². The molecule has 0 aliphatic heterocycles. The summed E-state index contributed by atoms with van der Waals surface area (Å²) in [6.07, 6.45) is 3.18. The van der Waals surface area contributed by atoms with E-state index < -0.39 is 11.8 Å². The van der Waals surface area contributed by atoms with Gasteiger partial charge in [-0.05, 0) is 74.2 Å². The van der Waals surface area contributed by atoms with Crippen LogP contribution in [0.2, 0.25) is 0 Å². The summed E-state index contributed by atoms with van der Waals surface area (Å²) >= 11 is 0. The predicted octanol–water partition coefficient (Wildman–Crippen LogP) is 5.86. The van der Waals surface area contributed by atoms with E-state index in [-0.39, 0.29) is 17.7 Å². The molecule has 1 N–H and O–H groups in total. The average Bonchev–Trinajstić information content (AvgIpc) is 3.25. The molecule has 0 saturated heterocycles. The van der Waals surface area contributed by atoms with E-state index in [1.165, 1.54) is 13.2 Å². The lowest BCUT2D eigenvalue weighted by Gasteiger charge is -2.46. The van der Waals surface area contributed by atoms with E-state index in [1.807, 2.05) is 30.3 Å². The minimum Gasteiger partial charge on any atom is -0.438 e. The van der Waals surface area contributed by atoms with Crippen LogP contribution in [0.15, 0.2) is 42.5 Å². The summed E-state index contributed by atoms with van der Waals surface area (Å²) in [4.78, 5) is 22.7. The lowest BCUT2D eigenvalue weighted by molar-refractivity contribution is -0.0703. The van der Waals surface area contributed by atoms with Crippen molar-refractivity contribution < 1.29 is 18.7 Å². The number of nitrogens with zero attached hydrogens (tertiary/aromatic N) is 2. The van der Waals surface area contributed by atoms with Crippen LogP contribution in [0, 0.1) is 11.7 Å². The third kappa shape index (κ3) is 5.67. The van der Waals surface area contributed by atoms with Gasteiger partial charge in [-0.1, -0.05) is 32.0 Å². The first-order valence-corrected chi connectivity index (χ1v) is 12.5. The Balaban J connectivity index is 1.43. The van der Waals surface area contributed by atoms with Gasteiger partial charge in [0.15, 0.2) is 0 Å². The first-order valence-electron chi connectivity index (χ1n) is 12.5. The number of nitrogens with one attached hydrogen (secondary N) is 1. The maximum absolute atomic E-state index is 13.9. The molecule has 0 spiro atoms. The van der Waals surface area contributed by atoms with Crippen molar-refractivity contribution in [3.05, 3.63) is 65.2 Å². The standard InChI is InChI=1S/C28H36FN3O3/c1-19(2)26-22-12-11-21(29)18-20(22)13-14-28(26,35-27(33)34-4)15-17-32(3)16-7-10-25-30-23-8-5-6-9-24(23)31-25/h5-6,8-9,11-12,18-19,26H,7,10,13-17H2,1-4H3,(H,30,31). The molecule has 188 valence electrons. The number of rotatable bonds is 9. The Labute approximate surface area is 206 Å². The van der Waals surface area contributed by atoms with Crippen LogP contribution in [0.5, 0.6) is 0 Å². The van der Waals surface area contributed by atoms with Crippen LogP contribution in [0.1, 0.15) is 56.0 Å². The molecule has 2 aromatic carbocycles. The van der Waals surface area contributed by atoms with Crippen LogP contribution in [-0.2, 0) is 22.3 Å². The number of imidazole rings is 1. The lowest BCUT2D eigenvalue weighted by atomic mass is 9.65. The number of fused-ring (bicyclic) bond motifs is 2. The van der Waals surface area contributed by atoms with Gasteiger partial charge < -0.3 is 19.4 Å². The van der Waals surface area contributed by atoms with Gasteiger partial charge in [0, 0.05) is 25.3 Å². The van der Waals surface area contributed by atoms with Crippen molar-refractivity contribution in [3.8, 4) is 0 Å². The Kier molecular flexibility index (Phi) is 7.75. The first-order chi connectivity index (χ1) is 16.8. The van der Waals surface area contributed by atoms with Crippen molar-refractivity contribution in [2.75, 3.05) is 27.2 Å². The fourth-order valence-corrected chi connectivity index (χ4v) is 5.63. The molecule has 0 fully saturated rings. The molecule has 1 aromatic heterocycles. The molecule has 1 heterocycles. The fraction of sp³-hybridized carbons (Fsp3) is 0.500. The Morgan fingerprint density at radius 1 is 1.26 bits per heavy atom. The van der Waals surface area contributed by atoms with Gasteiger partial charge in [0.1, 0.15) is 17.2 Å². The summed E-state index contributed by atoms with van der Waals surface area (Å²) in [6.45, 7) is 5.95. The maximum atomic E-state index is 13.9. The second-order valence-electron chi connectivity index (χ2n) is 10.0. The number of aromatic amines is 1. The number of aromatic nitrogens is 2. The summed E-state index contributed by atoms with van der Waals surface area (Å²) in [6, 6.07) is 13.1. The number of halogens is 1. The summed E-state index contributed by atoms with van der Waals surface area (Å²) in [7, 11) is 3.44. The number of carbonyl (C=O) groups is 1. The van der Waals surface area contributed by atoms with E-state index >= 15 is 0 Å². The molecule has 0 saturated carbocycles. The highest BCUT2D eigenvalue weighted by atomic mass is 19.1. The number of ether oxygens (including phenoxy) is 2. The molecule has 35 heavy (non-hydrogen) atoms. The van der Waals surface area contributed by atoms with E-state index in [0.717, 1.165) is 53.9 Å². The fourth-order valence-electron chi connectivity index (χ4n) is 5.63. The van der Waals surface area contributed by atoms with Gasteiger partial charge in [0.25, 0.3) is 0 Å². The molecule has 1 aliphatic carbocycles. The normalized spacial score (nSPS) is 19.8. The van der Waals surface area contributed by atoms with Gasteiger partial charge in [0.2, 0.25) is 0 Å². The van der Waals surface area contributed by atoms with Crippen molar-refractivity contribution >= 4 is 17.2 Å². The summed E-state index contributed by atoms with van der Waals surface area (Å²) in [5, 5.41) is 0. The van der Waals surface area contributed by atoms with Crippen LogP contribution in [0.4, 0.5) is 9.18 Å². The van der Waals surface area contributed by atoms with Crippen LogP contribution < -0.4 is 0 Å². The smallest absolute Gasteiger partial charge is 0.438 e. The van der Waals surface area contributed by atoms with Crippen LogP contribution in [0.3, 0.4) is 0 Å². The molecule has 2 atom stereocenters. The molecule has 0 amide bonds. The average molecular weight is 482 g/mol. The molecular formula is C28H36FN3O3. The van der Waals surface area contributed by atoms with Crippen LogP contribution in [-0.4, -0.2) is 53.9 Å². The molecule has 7 heteroatoms. The van der Waals surface area contributed by atoms with Gasteiger partial charge in [-0.2, -0.15) is 0 Å². The molecule has 0 radical (unpaired) electrons. The number of hydrogen-bond donors (Lipinski definition) is 1. The maximum Gasteiger partial charge on any atom is 0.508 e. The highest BCUT2D eigenvalue weighted by Gasteiger charge is 2.48. The molecular weight excluding hydrogens is 445 g/mol. The highest BCUT2D eigenvalue weighted by molar-refractivity contribution is 5.74. The minimum atomic E-state index is -0.695. The molecule has 3 aromatic rings. The van der Waals surface area contributed by atoms with Gasteiger partial charge >= 0.3 is 6.16 Å². The molecule has 6 nitrogen and oxygen atoms in total. The number of H-pyrrole nitrogens is 1. The first kappa shape index (κ1) is 25.2. The van der Waals surface area contributed by atoms with Gasteiger partial charge in [-0.15, -0.1) is 0 Å². The molecule has 2 unspecified atom stereocenters. The lowest BCUT2D eigenvalue weighted by Crippen LogP contribution is -2.48. The number of carbonyl (C=O) groups excluding carboxylic acids is 1. The zero-order valence-electron chi connectivity index (χ0n) is 21.1. The van der Waals surface area contributed by atoms with E-state index in [1.54, 1.807) is 6.07 Å². The zero-order chi connectivity index (χ0) is 25.0. The monoisotopic (exact) mass is 481 g/mol. The SMILES string of the molecule is COC(=O)OC1(CCN(C)CCCc2nc3ccccc3[nH]2)CCc2cc(F)ccc2C1C(C)C. The van der Waals surface area contributed by atoms with Crippen molar-refractivity contribution in [2.45, 2.75) is 57.5 Å². The number of hydrogen-bond acceptors (Lipinski definition) is 5. The molecule has 4 rings (SSSR count). The van der Waals surface area contributed by atoms with Crippen LogP contribution >= 0.6 is 0 Å². The summed E-state index contributed by atoms with van der Waals surface area (Å²) in [5.41, 5.74) is 3.44. The minimum absolute atomic E-state index is 0.0325. The summed E-state index contributed by atoms with van der Waals surface area (Å²) in [5.74, 6) is 0.954. The van der Waals surface area contributed by atoms with Gasteiger partial charge in [-0.25, -0.2) is 14.2 Å². The number of methoxy groups -OCH3 is 1. The highest BCUT2D eigenvalue weighted by Crippen LogP contribution is 2.48. The van der Waals surface area contributed by atoms with Gasteiger partial charge in [-0.3, -0.25) is 0 Å². The Bertz CT molecular complexity index is 1130.